The van der Waals surface area contributed by atoms with Gasteiger partial charge in [0.2, 0.25) is 10.0 Å². The number of alkyl halides is 3. The van der Waals surface area contributed by atoms with E-state index >= 15 is 0 Å². The Kier molecular flexibility index (Phi) is 5.57. The molecule has 2 bridgehead atoms. The van der Waals surface area contributed by atoms with Gasteiger partial charge in [0.25, 0.3) is 0 Å². The summed E-state index contributed by atoms with van der Waals surface area (Å²) in [6, 6.07) is -0.0650. The SMILES string of the molecule is C[C@H]1CN(S(=O)(=O)C[C@@]23CC[C@H](C[C@@H]2O)C3(C)C)CCN1c1ncc(C(F)(F)F)cc1F. The average molecular weight is 480 g/mol. The van der Waals surface area contributed by atoms with Crippen molar-refractivity contribution >= 4 is 15.8 Å². The standard InChI is InChI=1S/C21H29F4N3O3S/c1-13-11-27(6-7-28(13)18-16(22)8-15(10-26-18)21(23,24)25)32(30,31)12-20-5-4-14(9-17(20)29)19(20,2)3/h8,10,13-14,17,29H,4-7,9,11-12H2,1-3H3/t13-,14+,17-,20-/m0/s1. The summed E-state index contributed by atoms with van der Waals surface area (Å²) in [4.78, 5) is 5.18. The summed E-state index contributed by atoms with van der Waals surface area (Å²) < 4.78 is 80.9. The smallest absolute Gasteiger partial charge is 0.392 e. The number of nitrogens with zero attached hydrogens (tertiary/aromatic N) is 3. The van der Waals surface area contributed by atoms with E-state index in [-0.39, 0.29) is 36.6 Å². The third kappa shape index (κ3) is 3.60. The summed E-state index contributed by atoms with van der Waals surface area (Å²) in [5.74, 6) is -1.14. The van der Waals surface area contributed by atoms with Crippen molar-refractivity contribution < 1.29 is 31.1 Å². The van der Waals surface area contributed by atoms with Crippen molar-refractivity contribution in [3.63, 3.8) is 0 Å². The summed E-state index contributed by atoms with van der Waals surface area (Å²) in [5, 5.41) is 10.7. The number of hydrogen-bond donors (Lipinski definition) is 1. The van der Waals surface area contributed by atoms with Crippen LogP contribution in [0.1, 0.15) is 45.6 Å². The topological polar surface area (TPSA) is 73.7 Å². The van der Waals surface area contributed by atoms with E-state index in [4.69, 9.17) is 0 Å². The van der Waals surface area contributed by atoms with Gasteiger partial charge in [-0.2, -0.15) is 17.5 Å². The fourth-order valence-corrected chi connectivity index (χ4v) is 8.43. The molecule has 180 valence electrons. The Morgan fingerprint density at radius 3 is 2.47 bits per heavy atom. The van der Waals surface area contributed by atoms with Crippen LogP contribution in [0.2, 0.25) is 0 Å². The number of hydrogen-bond acceptors (Lipinski definition) is 5. The Morgan fingerprint density at radius 1 is 1.28 bits per heavy atom. The van der Waals surface area contributed by atoms with Gasteiger partial charge in [-0.25, -0.2) is 17.8 Å². The molecule has 6 nitrogen and oxygen atoms in total. The van der Waals surface area contributed by atoms with Crippen molar-refractivity contribution in [3.05, 3.63) is 23.6 Å². The van der Waals surface area contributed by atoms with Crippen molar-refractivity contribution in [1.82, 2.24) is 9.29 Å². The minimum atomic E-state index is -4.69. The Balaban J connectivity index is 1.50. The first-order valence-electron chi connectivity index (χ1n) is 10.8. The highest BCUT2D eigenvalue weighted by Gasteiger charge is 2.65. The molecule has 4 rings (SSSR count). The minimum absolute atomic E-state index is 0.0699. The highest BCUT2D eigenvalue weighted by molar-refractivity contribution is 7.89. The molecule has 2 heterocycles. The maximum atomic E-state index is 14.4. The van der Waals surface area contributed by atoms with Crippen LogP contribution in [-0.4, -0.2) is 60.3 Å². The molecule has 0 spiro atoms. The van der Waals surface area contributed by atoms with Crippen LogP contribution >= 0.6 is 0 Å². The number of aliphatic hydroxyl groups is 1. The zero-order valence-electron chi connectivity index (χ0n) is 18.4. The number of aromatic nitrogens is 1. The Morgan fingerprint density at radius 2 is 1.97 bits per heavy atom. The highest BCUT2D eigenvalue weighted by Crippen LogP contribution is 2.66. The maximum Gasteiger partial charge on any atom is 0.417 e. The molecule has 0 amide bonds. The summed E-state index contributed by atoms with van der Waals surface area (Å²) >= 11 is 0. The van der Waals surface area contributed by atoms with Gasteiger partial charge in [-0.15, -0.1) is 0 Å². The van der Waals surface area contributed by atoms with E-state index in [0.29, 0.717) is 31.0 Å². The van der Waals surface area contributed by atoms with Gasteiger partial charge in [0, 0.05) is 37.3 Å². The van der Waals surface area contributed by atoms with Crippen LogP contribution in [0, 0.1) is 22.6 Å². The van der Waals surface area contributed by atoms with Crippen molar-refractivity contribution in [2.45, 2.75) is 58.4 Å². The van der Waals surface area contributed by atoms with Crippen LogP contribution in [0.5, 0.6) is 0 Å². The van der Waals surface area contributed by atoms with Crippen LogP contribution in [0.15, 0.2) is 12.3 Å². The second kappa shape index (κ2) is 7.53. The van der Waals surface area contributed by atoms with Gasteiger partial charge in [-0.3, -0.25) is 0 Å². The third-order valence-electron chi connectivity index (χ3n) is 8.23. The number of pyridine rings is 1. The van der Waals surface area contributed by atoms with Gasteiger partial charge in [0.1, 0.15) is 0 Å². The van der Waals surface area contributed by atoms with Gasteiger partial charge in [0.05, 0.1) is 17.4 Å². The predicted octanol–water partition coefficient (Wildman–Crippen LogP) is 3.27. The molecule has 1 saturated heterocycles. The quantitative estimate of drug-likeness (QED) is 0.671. The number of fused-ring (bicyclic) bond motifs is 2. The Labute approximate surface area is 185 Å². The lowest BCUT2D eigenvalue weighted by Gasteiger charge is -2.44. The second-order valence-corrected chi connectivity index (χ2v) is 12.0. The molecule has 1 aromatic heterocycles. The van der Waals surface area contributed by atoms with Crippen molar-refractivity contribution in [2.75, 3.05) is 30.3 Å². The molecule has 1 aliphatic heterocycles. The molecule has 3 aliphatic rings. The Hall–Kier alpha value is -1.46. The largest absolute Gasteiger partial charge is 0.417 e. The number of aliphatic hydroxyl groups excluding tert-OH is 1. The van der Waals surface area contributed by atoms with E-state index in [9.17, 15) is 31.1 Å². The van der Waals surface area contributed by atoms with Gasteiger partial charge in [-0.05, 0) is 43.6 Å². The summed E-state index contributed by atoms with van der Waals surface area (Å²) in [5.41, 5.74) is -2.13. The van der Waals surface area contributed by atoms with Crippen molar-refractivity contribution in [1.29, 1.82) is 0 Å². The second-order valence-electron chi connectivity index (χ2n) is 10.0. The van der Waals surface area contributed by atoms with E-state index in [2.05, 4.69) is 4.98 Å². The zero-order chi connectivity index (χ0) is 23.7. The molecule has 4 atom stereocenters. The van der Waals surface area contributed by atoms with Gasteiger partial charge < -0.3 is 10.0 Å². The molecule has 0 radical (unpaired) electrons. The molecule has 32 heavy (non-hydrogen) atoms. The van der Waals surface area contributed by atoms with Gasteiger partial charge in [-0.1, -0.05) is 13.8 Å². The van der Waals surface area contributed by atoms with Gasteiger partial charge >= 0.3 is 6.18 Å². The molecule has 3 fully saturated rings. The van der Waals surface area contributed by atoms with E-state index in [1.165, 1.54) is 9.21 Å². The minimum Gasteiger partial charge on any atom is -0.392 e. The lowest BCUT2D eigenvalue weighted by molar-refractivity contribution is -0.138. The van der Waals surface area contributed by atoms with Crippen LogP contribution < -0.4 is 4.90 Å². The van der Waals surface area contributed by atoms with E-state index in [0.717, 1.165) is 6.42 Å². The fourth-order valence-electron chi connectivity index (χ4n) is 6.08. The Bertz CT molecular complexity index is 1000. The number of sulfonamides is 1. The van der Waals surface area contributed by atoms with E-state index < -0.39 is 45.1 Å². The number of piperazine rings is 1. The first-order chi connectivity index (χ1) is 14.7. The molecule has 0 aromatic carbocycles. The van der Waals surface area contributed by atoms with E-state index in [1.807, 2.05) is 13.8 Å². The molecule has 2 aliphatic carbocycles. The maximum absolute atomic E-state index is 14.4. The van der Waals surface area contributed by atoms with E-state index in [1.54, 1.807) is 6.92 Å². The van der Waals surface area contributed by atoms with Crippen LogP contribution in [0.4, 0.5) is 23.4 Å². The number of rotatable bonds is 4. The molecular formula is C21H29F4N3O3S. The molecular weight excluding hydrogens is 450 g/mol. The average Bonchev–Trinajstić information content (AvgIpc) is 3.01. The molecule has 1 N–H and O–H groups in total. The monoisotopic (exact) mass is 479 g/mol. The lowest BCUT2D eigenvalue weighted by Crippen LogP contribution is -2.56. The first-order valence-corrected chi connectivity index (χ1v) is 12.5. The van der Waals surface area contributed by atoms with Crippen LogP contribution in [0.3, 0.4) is 0 Å². The summed E-state index contributed by atoms with van der Waals surface area (Å²) in [6.45, 7) is 6.02. The third-order valence-corrected chi connectivity index (χ3v) is 10.2. The highest BCUT2D eigenvalue weighted by atomic mass is 32.2. The van der Waals surface area contributed by atoms with Crippen molar-refractivity contribution in [2.24, 2.45) is 16.7 Å². The van der Waals surface area contributed by atoms with Crippen LogP contribution in [-0.2, 0) is 16.2 Å². The zero-order valence-corrected chi connectivity index (χ0v) is 19.2. The summed E-state index contributed by atoms with van der Waals surface area (Å²) in [7, 11) is -3.71. The normalized spacial score (nSPS) is 33.1. The summed E-state index contributed by atoms with van der Waals surface area (Å²) in [6.07, 6.45) is -2.57. The van der Waals surface area contributed by atoms with Crippen molar-refractivity contribution in [3.8, 4) is 0 Å². The fraction of sp³-hybridized carbons (Fsp3) is 0.762. The first kappa shape index (κ1) is 23.7. The number of halogens is 4. The molecule has 11 heteroatoms. The predicted molar refractivity (Wildman–Crippen MR) is 111 cm³/mol. The molecule has 2 saturated carbocycles. The lowest BCUT2D eigenvalue weighted by atomic mass is 9.70. The molecule has 0 unspecified atom stereocenters. The van der Waals surface area contributed by atoms with Crippen LogP contribution in [0.25, 0.3) is 0 Å². The molecule has 1 aromatic rings. The van der Waals surface area contributed by atoms with Gasteiger partial charge in [0.15, 0.2) is 11.6 Å². The number of anilines is 1.